The highest BCUT2D eigenvalue weighted by Crippen LogP contribution is 2.16. The zero-order chi connectivity index (χ0) is 14.5. The summed E-state index contributed by atoms with van der Waals surface area (Å²) in [6.45, 7) is 11.1. The lowest BCUT2D eigenvalue weighted by molar-refractivity contribution is -0.0260. The van der Waals surface area contributed by atoms with Crippen molar-refractivity contribution in [3.8, 4) is 0 Å². The molecule has 0 radical (unpaired) electrons. The molecule has 1 rings (SSSR count). The lowest BCUT2D eigenvalue weighted by Gasteiger charge is -2.20. The number of nitrogens with two attached hydrogens (primary N) is 1. The van der Waals surface area contributed by atoms with Crippen molar-refractivity contribution >= 4 is 0 Å². The van der Waals surface area contributed by atoms with Gasteiger partial charge >= 0.3 is 0 Å². The molecule has 1 unspecified atom stereocenters. The summed E-state index contributed by atoms with van der Waals surface area (Å²) in [6, 6.07) is 0. The molecule has 0 aromatic carbocycles. The Kier molecular flexibility index (Phi) is 5.46. The van der Waals surface area contributed by atoms with Gasteiger partial charge in [-0.05, 0) is 34.1 Å². The van der Waals surface area contributed by atoms with Crippen LogP contribution in [-0.4, -0.2) is 29.0 Å². The Bertz CT molecular complexity index is 383. The molecule has 0 aliphatic heterocycles. The maximum atomic E-state index is 6.12. The van der Waals surface area contributed by atoms with E-state index < -0.39 is 5.54 Å². The zero-order valence-corrected chi connectivity index (χ0v) is 12.5. The fourth-order valence-electron chi connectivity index (χ4n) is 1.32. The molecule has 0 spiro atoms. The van der Waals surface area contributed by atoms with E-state index in [9.17, 15) is 0 Å². The summed E-state index contributed by atoms with van der Waals surface area (Å²) in [5, 5.41) is 3.90. The summed E-state index contributed by atoms with van der Waals surface area (Å²) in [5.74, 6) is 0.869. The van der Waals surface area contributed by atoms with Crippen molar-refractivity contribution in [3.05, 3.63) is 11.7 Å². The average molecular weight is 271 g/mol. The Morgan fingerprint density at radius 1 is 1.26 bits per heavy atom. The first-order valence-corrected chi connectivity index (χ1v) is 6.58. The molecule has 0 aliphatic carbocycles. The summed E-state index contributed by atoms with van der Waals surface area (Å²) in [4.78, 5) is 4.26. The van der Waals surface area contributed by atoms with E-state index in [4.69, 9.17) is 19.7 Å². The SMILES string of the molecule is CCCOCC(C)(N)c1noc(COC(C)(C)C)n1. The third-order valence-electron chi connectivity index (χ3n) is 2.36. The standard InChI is InChI=1S/C13H25N3O3/c1-6-7-17-9-13(5,14)11-15-10(19-16-11)8-18-12(2,3)4/h6-9,14H2,1-5H3. The molecule has 1 atom stereocenters. The van der Waals surface area contributed by atoms with Gasteiger partial charge in [0.1, 0.15) is 12.1 Å². The van der Waals surface area contributed by atoms with E-state index in [1.165, 1.54) is 0 Å². The van der Waals surface area contributed by atoms with Gasteiger partial charge < -0.3 is 19.7 Å². The van der Waals surface area contributed by atoms with Gasteiger partial charge in [0.15, 0.2) is 5.82 Å². The molecule has 1 aromatic heterocycles. The summed E-state index contributed by atoms with van der Waals surface area (Å²) in [6.07, 6.45) is 0.951. The second-order valence-electron chi connectivity index (χ2n) is 5.88. The topological polar surface area (TPSA) is 83.4 Å². The molecular formula is C13H25N3O3. The van der Waals surface area contributed by atoms with Crippen molar-refractivity contribution < 1.29 is 14.0 Å². The first-order chi connectivity index (χ1) is 8.74. The Balaban J connectivity index is 2.57. The second kappa shape index (κ2) is 6.45. The molecule has 110 valence electrons. The van der Waals surface area contributed by atoms with Crippen LogP contribution < -0.4 is 5.73 Å². The van der Waals surface area contributed by atoms with E-state index in [0.717, 1.165) is 6.42 Å². The molecule has 6 heteroatoms. The normalized spacial score (nSPS) is 15.5. The number of hydrogen-bond acceptors (Lipinski definition) is 6. The van der Waals surface area contributed by atoms with Gasteiger partial charge in [-0.15, -0.1) is 0 Å². The molecule has 6 nitrogen and oxygen atoms in total. The molecule has 1 aromatic rings. The quantitative estimate of drug-likeness (QED) is 0.763. The van der Waals surface area contributed by atoms with Crippen LogP contribution in [0.2, 0.25) is 0 Å². The van der Waals surface area contributed by atoms with Gasteiger partial charge in [0, 0.05) is 6.61 Å². The van der Waals surface area contributed by atoms with Crippen LogP contribution in [0, 0.1) is 0 Å². The fraction of sp³-hybridized carbons (Fsp3) is 0.846. The summed E-state index contributed by atoms with van der Waals surface area (Å²) < 4.78 is 16.2. The van der Waals surface area contributed by atoms with Crippen molar-refractivity contribution in [1.82, 2.24) is 10.1 Å². The molecule has 2 N–H and O–H groups in total. The monoisotopic (exact) mass is 271 g/mol. The lowest BCUT2D eigenvalue weighted by atomic mass is 10.1. The van der Waals surface area contributed by atoms with Gasteiger partial charge in [-0.3, -0.25) is 0 Å². The van der Waals surface area contributed by atoms with Crippen molar-refractivity contribution in [2.45, 2.75) is 58.8 Å². The number of hydrogen-bond donors (Lipinski definition) is 1. The lowest BCUT2D eigenvalue weighted by Crippen LogP contribution is -2.39. The molecular weight excluding hydrogens is 246 g/mol. The van der Waals surface area contributed by atoms with E-state index in [-0.39, 0.29) is 12.2 Å². The molecule has 1 heterocycles. The van der Waals surface area contributed by atoms with Crippen LogP contribution in [0.4, 0.5) is 0 Å². The molecule has 0 saturated carbocycles. The Hall–Kier alpha value is -0.980. The van der Waals surface area contributed by atoms with Gasteiger partial charge in [0.25, 0.3) is 5.89 Å². The average Bonchev–Trinajstić information content (AvgIpc) is 2.75. The second-order valence-corrected chi connectivity index (χ2v) is 5.88. The first-order valence-electron chi connectivity index (χ1n) is 6.58. The van der Waals surface area contributed by atoms with E-state index >= 15 is 0 Å². The largest absolute Gasteiger partial charge is 0.379 e. The van der Waals surface area contributed by atoms with E-state index in [1.54, 1.807) is 0 Å². The predicted molar refractivity (Wildman–Crippen MR) is 71.5 cm³/mol. The smallest absolute Gasteiger partial charge is 0.252 e. The maximum absolute atomic E-state index is 6.12. The van der Waals surface area contributed by atoms with E-state index in [0.29, 0.717) is 24.9 Å². The molecule has 0 bridgehead atoms. The van der Waals surface area contributed by atoms with Gasteiger partial charge in [0.05, 0.1) is 12.2 Å². The first kappa shape index (κ1) is 16.1. The number of nitrogens with zero attached hydrogens (tertiary/aromatic N) is 2. The Labute approximate surface area is 114 Å². The summed E-state index contributed by atoms with van der Waals surface area (Å²) in [5.41, 5.74) is 5.13. The maximum Gasteiger partial charge on any atom is 0.252 e. The summed E-state index contributed by atoms with van der Waals surface area (Å²) in [7, 11) is 0. The van der Waals surface area contributed by atoms with Gasteiger partial charge in [0.2, 0.25) is 0 Å². The number of rotatable bonds is 7. The van der Waals surface area contributed by atoms with Crippen LogP contribution in [0.1, 0.15) is 52.8 Å². The molecule has 0 amide bonds. The Morgan fingerprint density at radius 3 is 2.53 bits per heavy atom. The number of ether oxygens (including phenoxy) is 2. The third kappa shape index (κ3) is 5.67. The minimum atomic E-state index is -0.751. The van der Waals surface area contributed by atoms with Crippen LogP contribution in [0.25, 0.3) is 0 Å². The van der Waals surface area contributed by atoms with E-state index in [1.807, 2.05) is 34.6 Å². The van der Waals surface area contributed by atoms with E-state index in [2.05, 4.69) is 10.1 Å². The van der Waals surface area contributed by atoms with Crippen molar-refractivity contribution in [1.29, 1.82) is 0 Å². The minimum absolute atomic E-state index is 0.245. The van der Waals surface area contributed by atoms with Crippen LogP contribution in [0.15, 0.2) is 4.52 Å². The van der Waals surface area contributed by atoms with Gasteiger partial charge in [-0.1, -0.05) is 12.1 Å². The minimum Gasteiger partial charge on any atom is -0.379 e. The van der Waals surface area contributed by atoms with Gasteiger partial charge in [-0.2, -0.15) is 4.98 Å². The molecule has 0 aliphatic rings. The Morgan fingerprint density at radius 2 is 1.95 bits per heavy atom. The summed E-state index contributed by atoms with van der Waals surface area (Å²) >= 11 is 0. The third-order valence-corrected chi connectivity index (χ3v) is 2.36. The van der Waals surface area contributed by atoms with Crippen LogP contribution >= 0.6 is 0 Å². The van der Waals surface area contributed by atoms with Crippen molar-refractivity contribution in [2.75, 3.05) is 13.2 Å². The van der Waals surface area contributed by atoms with Crippen molar-refractivity contribution in [3.63, 3.8) is 0 Å². The predicted octanol–water partition coefficient (Wildman–Crippen LogP) is 1.99. The zero-order valence-electron chi connectivity index (χ0n) is 12.5. The molecule has 19 heavy (non-hydrogen) atoms. The highest BCUT2D eigenvalue weighted by atomic mass is 16.5. The van der Waals surface area contributed by atoms with Crippen molar-refractivity contribution in [2.24, 2.45) is 5.73 Å². The molecule has 0 fully saturated rings. The fourth-order valence-corrected chi connectivity index (χ4v) is 1.32. The highest BCUT2D eigenvalue weighted by molar-refractivity contribution is 5.01. The molecule has 0 saturated heterocycles. The highest BCUT2D eigenvalue weighted by Gasteiger charge is 2.28. The van der Waals surface area contributed by atoms with Crippen LogP contribution in [-0.2, 0) is 21.6 Å². The number of aromatic nitrogens is 2. The van der Waals surface area contributed by atoms with Crippen LogP contribution in [0.5, 0.6) is 0 Å². The van der Waals surface area contributed by atoms with Crippen LogP contribution in [0.3, 0.4) is 0 Å². The van der Waals surface area contributed by atoms with Gasteiger partial charge in [-0.25, -0.2) is 0 Å².